The highest BCUT2D eigenvalue weighted by Crippen LogP contribution is 2.32. The molecule has 1 aliphatic carbocycles. The first kappa shape index (κ1) is 19.6. The Morgan fingerprint density at radius 1 is 1.13 bits per heavy atom. The van der Waals surface area contributed by atoms with Crippen LogP contribution in [0.15, 0.2) is 59.7 Å². The van der Waals surface area contributed by atoms with E-state index in [1.807, 2.05) is 0 Å². The highest BCUT2D eigenvalue weighted by molar-refractivity contribution is 7.73. The molecule has 1 aromatic heterocycles. The van der Waals surface area contributed by atoms with Crippen molar-refractivity contribution in [3.63, 3.8) is 0 Å². The van der Waals surface area contributed by atoms with Gasteiger partial charge in [-0.3, -0.25) is 9.36 Å². The van der Waals surface area contributed by atoms with Gasteiger partial charge in [0.1, 0.15) is 11.3 Å². The van der Waals surface area contributed by atoms with E-state index < -0.39 is 16.7 Å². The lowest BCUT2D eigenvalue weighted by Gasteiger charge is -2.16. The lowest BCUT2D eigenvalue weighted by molar-refractivity contribution is -0.377. The molecule has 8 nitrogen and oxygen atoms in total. The van der Waals surface area contributed by atoms with Crippen LogP contribution in [0.25, 0.3) is 12.3 Å². The van der Waals surface area contributed by atoms with Crippen molar-refractivity contribution in [1.29, 1.82) is 0 Å². The molecular weight excluding hydrogens is 428 g/mol. The lowest BCUT2D eigenvalue weighted by Crippen LogP contribution is -2.25. The molecule has 0 radical (unpaired) electrons. The van der Waals surface area contributed by atoms with E-state index in [4.69, 9.17) is 17.0 Å². The molecule has 2 aromatic rings. The Labute approximate surface area is 178 Å². The molecule has 0 fully saturated rings. The number of rotatable bonds is 2. The minimum Gasteiger partial charge on any atom is -0.612 e. The van der Waals surface area contributed by atoms with E-state index in [1.165, 1.54) is 30.4 Å². The van der Waals surface area contributed by atoms with Gasteiger partial charge in [0.05, 0.1) is 10.4 Å². The number of benzene rings is 1. The van der Waals surface area contributed by atoms with Gasteiger partial charge in [-0.05, 0) is 48.2 Å². The normalized spacial score (nSPS) is 16.6. The van der Waals surface area contributed by atoms with E-state index in [2.05, 4.69) is 0 Å². The second kappa shape index (κ2) is 7.58. The van der Waals surface area contributed by atoms with Gasteiger partial charge in [0.15, 0.2) is 3.95 Å². The second-order valence-corrected chi connectivity index (χ2v) is 7.85. The van der Waals surface area contributed by atoms with Crippen LogP contribution in [0, 0.1) is 14.4 Å². The number of aromatic hydroxyl groups is 1. The third-order valence-electron chi connectivity index (χ3n) is 4.30. The van der Waals surface area contributed by atoms with E-state index in [0.29, 0.717) is 10.5 Å². The van der Waals surface area contributed by atoms with Crippen LogP contribution in [0.1, 0.15) is 15.2 Å². The molecule has 0 atom stereocenters. The SMILES string of the molecule is O=C1Oc2ccccc2C(=O)/C1=C\n1c(O)c(C=C2C=CC(=[N+]([O-])[O-])C=C2)sc1=S. The summed E-state index contributed by atoms with van der Waals surface area (Å²) in [6, 6.07) is 6.36. The van der Waals surface area contributed by atoms with Crippen molar-refractivity contribution in [2.45, 2.75) is 0 Å². The van der Waals surface area contributed by atoms with E-state index in [0.717, 1.165) is 22.1 Å². The molecule has 0 amide bonds. The molecule has 0 spiro atoms. The summed E-state index contributed by atoms with van der Waals surface area (Å²) in [5.74, 6) is -1.47. The standard InChI is InChI=1S/C20H11N2O6S2/c23-17-13-3-1-2-4-15(13)28-19(25)14(17)10-21-18(24)16(30-20(21)29)9-11-5-7-12(8-6-11)22(26)27/h1-10H,(H-,24,26,27)/q-1/b14-10+. The fourth-order valence-corrected chi connectivity index (χ4v) is 4.04. The van der Waals surface area contributed by atoms with Crippen LogP contribution in [0.5, 0.6) is 11.6 Å². The number of fused-ring (bicyclic) bond motifs is 1. The molecule has 0 saturated heterocycles. The third-order valence-corrected chi connectivity index (χ3v) is 5.64. The molecule has 0 bridgehead atoms. The third kappa shape index (κ3) is 3.49. The van der Waals surface area contributed by atoms with Crippen LogP contribution in [0.2, 0.25) is 0 Å². The first-order chi connectivity index (χ1) is 14.3. The second-order valence-electron chi connectivity index (χ2n) is 6.18. The fraction of sp³-hybridized carbons (Fsp3) is 0. The number of nitrogens with zero attached hydrogens (tertiary/aromatic N) is 2. The molecule has 2 aliphatic rings. The van der Waals surface area contributed by atoms with E-state index in [1.54, 1.807) is 24.3 Å². The fourth-order valence-electron chi connectivity index (χ4n) is 2.82. The summed E-state index contributed by atoms with van der Waals surface area (Å²) in [6.45, 7) is 0. The Hall–Kier alpha value is -3.76. The molecule has 1 aromatic carbocycles. The Bertz CT molecular complexity index is 1280. The van der Waals surface area contributed by atoms with Crippen molar-refractivity contribution in [3.8, 4) is 11.6 Å². The number of ketones is 1. The van der Waals surface area contributed by atoms with E-state index in [9.17, 15) is 25.1 Å². The van der Waals surface area contributed by atoms with E-state index >= 15 is 0 Å². The number of hydrogen-bond donors (Lipinski definition) is 1. The summed E-state index contributed by atoms with van der Waals surface area (Å²) in [5, 5.41) is 32.1. The van der Waals surface area contributed by atoms with Gasteiger partial charge in [0.2, 0.25) is 17.4 Å². The summed E-state index contributed by atoms with van der Waals surface area (Å²) < 4.78 is 6.54. The molecule has 4 rings (SSSR count). The lowest BCUT2D eigenvalue weighted by atomic mass is 10.0. The summed E-state index contributed by atoms with van der Waals surface area (Å²) in [7, 11) is 0. The molecule has 0 unspecified atom stereocenters. The van der Waals surface area contributed by atoms with Gasteiger partial charge in [-0.15, -0.1) is 11.3 Å². The number of Topliss-reactive ketones (excluding diaryl/α,β-unsaturated/α-hetero) is 1. The van der Waals surface area contributed by atoms with E-state index in [-0.39, 0.29) is 32.4 Å². The summed E-state index contributed by atoms with van der Waals surface area (Å²) in [4.78, 5) is 24.8. The summed E-state index contributed by atoms with van der Waals surface area (Å²) >= 11 is 6.31. The number of thiazole rings is 1. The maximum Gasteiger partial charge on any atom is 0.349 e. The molecular formula is C20H11N2O6S2-. The van der Waals surface area contributed by atoms with Crippen LogP contribution in [-0.4, -0.2) is 32.0 Å². The molecule has 150 valence electrons. The largest absolute Gasteiger partial charge is 0.612 e. The van der Waals surface area contributed by atoms with Gasteiger partial charge in [-0.2, -0.15) is 4.90 Å². The topological polar surface area (TPSA) is 118 Å². The van der Waals surface area contributed by atoms with Crippen LogP contribution in [0.3, 0.4) is 0 Å². The molecule has 0 saturated carbocycles. The first-order valence-corrected chi connectivity index (χ1v) is 9.69. The Morgan fingerprint density at radius 2 is 1.83 bits per heavy atom. The van der Waals surface area contributed by atoms with Crippen LogP contribution in [0.4, 0.5) is 0 Å². The van der Waals surface area contributed by atoms with Crippen molar-refractivity contribution < 1.29 is 24.3 Å². The molecule has 2 heterocycles. The van der Waals surface area contributed by atoms with Crippen LogP contribution >= 0.6 is 23.6 Å². The van der Waals surface area contributed by atoms with Gasteiger partial charge < -0.3 is 20.3 Å². The smallest absolute Gasteiger partial charge is 0.349 e. The number of carbonyl (C=O) groups is 2. The number of carbonyl (C=O) groups excluding carboxylic acids is 2. The minimum atomic E-state index is -0.841. The molecule has 1 N–H and O–H groups in total. The van der Waals surface area contributed by atoms with Crippen LogP contribution < -0.4 is 4.74 Å². The van der Waals surface area contributed by atoms with Gasteiger partial charge >= 0.3 is 5.97 Å². The van der Waals surface area contributed by atoms with Crippen molar-refractivity contribution in [3.05, 3.63) is 84.5 Å². The average Bonchev–Trinajstić information content (AvgIpc) is 2.98. The quantitative estimate of drug-likeness (QED) is 0.144. The number of esters is 1. The van der Waals surface area contributed by atoms with Gasteiger partial charge in [0.25, 0.3) is 0 Å². The highest BCUT2D eigenvalue weighted by atomic mass is 32.1. The van der Waals surface area contributed by atoms with Crippen molar-refractivity contribution in [1.82, 2.24) is 4.57 Å². The summed E-state index contributed by atoms with van der Waals surface area (Å²) in [6.07, 6.45) is 8.49. The number of ether oxygens (including phenoxy) is 1. The maximum absolute atomic E-state index is 12.7. The Morgan fingerprint density at radius 3 is 2.53 bits per heavy atom. The molecule has 10 heteroatoms. The van der Waals surface area contributed by atoms with Crippen molar-refractivity contribution in [2.75, 3.05) is 0 Å². The van der Waals surface area contributed by atoms with Gasteiger partial charge in [0, 0.05) is 18.4 Å². The predicted molar refractivity (Wildman–Crippen MR) is 114 cm³/mol. The van der Waals surface area contributed by atoms with Crippen LogP contribution in [-0.2, 0) is 4.79 Å². The zero-order valence-corrected chi connectivity index (χ0v) is 16.6. The highest BCUT2D eigenvalue weighted by Gasteiger charge is 2.31. The van der Waals surface area contributed by atoms with Crippen molar-refractivity contribution >= 4 is 53.3 Å². The maximum atomic E-state index is 12.7. The monoisotopic (exact) mass is 439 g/mol. The number of aromatic nitrogens is 1. The van der Waals surface area contributed by atoms with Gasteiger partial charge in [-0.25, -0.2) is 4.79 Å². The minimum absolute atomic E-state index is 0.0547. The Kier molecular flexibility index (Phi) is 4.94. The average molecular weight is 439 g/mol. The number of para-hydroxylation sites is 1. The first-order valence-electron chi connectivity index (χ1n) is 8.46. The molecule has 30 heavy (non-hydrogen) atoms. The van der Waals surface area contributed by atoms with Gasteiger partial charge in [-0.1, -0.05) is 12.1 Å². The predicted octanol–water partition coefficient (Wildman–Crippen LogP) is 3.59. The number of allylic oxidation sites excluding steroid dienone is 5. The zero-order valence-electron chi connectivity index (χ0n) is 15.0. The molecule has 1 aliphatic heterocycles. The number of hydrogen-bond acceptors (Lipinski definition) is 8. The zero-order chi connectivity index (χ0) is 21.4. The Balaban J connectivity index is 1.71. The summed E-state index contributed by atoms with van der Waals surface area (Å²) in [5.41, 5.74) is 0.525. The van der Waals surface area contributed by atoms with Crippen molar-refractivity contribution in [2.24, 2.45) is 0 Å².